The van der Waals surface area contributed by atoms with Crippen LogP contribution in [-0.2, 0) is 4.79 Å². The summed E-state index contributed by atoms with van der Waals surface area (Å²) >= 11 is 3.39. The summed E-state index contributed by atoms with van der Waals surface area (Å²) in [5.41, 5.74) is 6.75. The third-order valence-corrected chi connectivity index (χ3v) is 2.76. The number of nitrogens with two attached hydrogens (primary N) is 1. The molecule has 0 unspecified atom stereocenters. The van der Waals surface area contributed by atoms with Crippen LogP contribution in [-0.4, -0.2) is 18.6 Å². The Hall–Kier alpha value is -1.07. The molecule has 1 aromatic rings. The topological polar surface area (TPSA) is 64.3 Å². The van der Waals surface area contributed by atoms with Crippen molar-refractivity contribution in [3.8, 4) is 5.75 Å². The molecule has 0 bridgehead atoms. The highest BCUT2D eigenvalue weighted by atomic mass is 79.9. The lowest BCUT2D eigenvalue weighted by Crippen LogP contribution is -2.34. The SMILES string of the molecule is CC(C)NC(=O)COc1ccc(Br)cc1[C@H](C)N. The summed E-state index contributed by atoms with van der Waals surface area (Å²) in [5, 5.41) is 2.77. The van der Waals surface area contributed by atoms with E-state index in [1.54, 1.807) is 0 Å². The van der Waals surface area contributed by atoms with E-state index >= 15 is 0 Å². The molecule has 0 saturated heterocycles. The molecule has 4 nitrogen and oxygen atoms in total. The molecular weight excluding hydrogens is 296 g/mol. The summed E-state index contributed by atoms with van der Waals surface area (Å²) < 4.78 is 6.44. The maximum Gasteiger partial charge on any atom is 0.258 e. The van der Waals surface area contributed by atoms with Crippen molar-refractivity contribution in [3.05, 3.63) is 28.2 Å². The average molecular weight is 315 g/mol. The summed E-state index contributed by atoms with van der Waals surface area (Å²) in [4.78, 5) is 11.5. The number of ether oxygens (including phenoxy) is 1. The van der Waals surface area contributed by atoms with Crippen LogP contribution in [0.4, 0.5) is 0 Å². The number of hydrogen-bond donors (Lipinski definition) is 2. The van der Waals surface area contributed by atoms with Crippen LogP contribution in [0.1, 0.15) is 32.4 Å². The van der Waals surface area contributed by atoms with E-state index in [0.29, 0.717) is 5.75 Å². The molecule has 0 radical (unpaired) electrons. The second-order valence-corrected chi connectivity index (χ2v) is 5.40. The molecule has 0 fully saturated rings. The van der Waals surface area contributed by atoms with Gasteiger partial charge >= 0.3 is 0 Å². The molecule has 1 amide bonds. The summed E-state index contributed by atoms with van der Waals surface area (Å²) in [6.07, 6.45) is 0. The quantitative estimate of drug-likeness (QED) is 0.877. The van der Waals surface area contributed by atoms with Crippen molar-refractivity contribution in [2.75, 3.05) is 6.61 Å². The minimum Gasteiger partial charge on any atom is -0.483 e. The summed E-state index contributed by atoms with van der Waals surface area (Å²) in [5.74, 6) is 0.510. The molecule has 18 heavy (non-hydrogen) atoms. The zero-order valence-electron chi connectivity index (χ0n) is 10.9. The Bertz CT molecular complexity index is 419. The van der Waals surface area contributed by atoms with Gasteiger partial charge in [-0.05, 0) is 39.0 Å². The first-order valence-corrected chi connectivity index (χ1v) is 6.66. The van der Waals surface area contributed by atoms with E-state index in [-0.39, 0.29) is 24.6 Å². The van der Waals surface area contributed by atoms with Crippen LogP contribution >= 0.6 is 15.9 Å². The zero-order valence-corrected chi connectivity index (χ0v) is 12.5. The molecule has 1 aromatic carbocycles. The first-order chi connectivity index (χ1) is 8.40. The first-order valence-electron chi connectivity index (χ1n) is 5.87. The molecule has 0 aliphatic rings. The lowest BCUT2D eigenvalue weighted by Gasteiger charge is -2.15. The number of carbonyl (C=O) groups excluding carboxylic acids is 1. The molecule has 100 valence electrons. The van der Waals surface area contributed by atoms with Gasteiger partial charge in [0.2, 0.25) is 0 Å². The predicted octanol–water partition coefficient (Wildman–Crippen LogP) is 2.37. The fourth-order valence-corrected chi connectivity index (χ4v) is 1.89. The third kappa shape index (κ3) is 4.66. The Labute approximate surface area is 116 Å². The second kappa shape index (κ2) is 6.75. The molecule has 0 aliphatic carbocycles. The van der Waals surface area contributed by atoms with Crippen molar-refractivity contribution in [2.45, 2.75) is 32.9 Å². The van der Waals surface area contributed by atoms with Gasteiger partial charge in [0.1, 0.15) is 5.75 Å². The third-order valence-electron chi connectivity index (χ3n) is 2.27. The van der Waals surface area contributed by atoms with Crippen molar-refractivity contribution in [1.29, 1.82) is 0 Å². The number of amides is 1. The van der Waals surface area contributed by atoms with Crippen LogP contribution < -0.4 is 15.8 Å². The van der Waals surface area contributed by atoms with Gasteiger partial charge < -0.3 is 15.8 Å². The van der Waals surface area contributed by atoms with Crippen LogP contribution in [0.15, 0.2) is 22.7 Å². The maximum atomic E-state index is 11.5. The Morgan fingerprint density at radius 3 is 2.67 bits per heavy atom. The molecule has 1 rings (SSSR count). The van der Waals surface area contributed by atoms with Gasteiger partial charge in [0.05, 0.1) is 0 Å². The van der Waals surface area contributed by atoms with Gasteiger partial charge in [0.15, 0.2) is 6.61 Å². The minimum atomic E-state index is -0.148. The van der Waals surface area contributed by atoms with E-state index < -0.39 is 0 Å². The summed E-state index contributed by atoms with van der Waals surface area (Å²) in [7, 11) is 0. The van der Waals surface area contributed by atoms with Gasteiger partial charge in [-0.2, -0.15) is 0 Å². The normalized spacial score (nSPS) is 12.3. The molecule has 0 aliphatic heterocycles. The van der Waals surface area contributed by atoms with Gasteiger partial charge in [-0.25, -0.2) is 0 Å². The van der Waals surface area contributed by atoms with E-state index in [9.17, 15) is 4.79 Å². The van der Waals surface area contributed by atoms with E-state index in [1.165, 1.54) is 0 Å². The minimum absolute atomic E-state index is 0.000464. The molecule has 0 heterocycles. The van der Waals surface area contributed by atoms with Crippen molar-refractivity contribution in [2.24, 2.45) is 5.73 Å². The van der Waals surface area contributed by atoms with Crippen molar-refractivity contribution in [3.63, 3.8) is 0 Å². The van der Waals surface area contributed by atoms with Gasteiger partial charge in [0.25, 0.3) is 5.91 Å². The van der Waals surface area contributed by atoms with Crippen molar-refractivity contribution >= 4 is 21.8 Å². The first kappa shape index (κ1) is 15.0. The Morgan fingerprint density at radius 2 is 2.11 bits per heavy atom. The van der Waals surface area contributed by atoms with E-state index in [0.717, 1.165) is 10.0 Å². The van der Waals surface area contributed by atoms with E-state index in [2.05, 4.69) is 21.2 Å². The molecule has 3 N–H and O–H groups in total. The van der Waals surface area contributed by atoms with Crippen LogP contribution in [0, 0.1) is 0 Å². The highest BCUT2D eigenvalue weighted by Gasteiger charge is 2.11. The lowest BCUT2D eigenvalue weighted by atomic mass is 10.1. The average Bonchev–Trinajstić information content (AvgIpc) is 2.26. The Morgan fingerprint density at radius 1 is 1.44 bits per heavy atom. The van der Waals surface area contributed by atoms with Crippen LogP contribution in [0.25, 0.3) is 0 Å². The van der Waals surface area contributed by atoms with Crippen LogP contribution in [0.2, 0.25) is 0 Å². The predicted molar refractivity (Wildman–Crippen MR) is 75.5 cm³/mol. The highest BCUT2D eigenvalue weighted by Crippen LogP contribution is 2.27. The van der Waals surface area contributed by atoms with E-state index in [1.807, 2.05) is 39.0 Å². The van der Waals surface area contributed by atoms with Gasteiger partial charge in [-0.1, -0.05) is 15.9 Å². The number of nitrogens with one attached hydrogen (secondary N) is 1. The molecule has 1 atom stereocenters. The molecular formula is C13H19BrN2O2. The largest absolute Gasteiger partial charge is 0.483 e. The molecule has 5 heteroatoms. The highest BCUT2D eigenvalue weighted by molar-refractivity contribution is 9.10. The number of halogens is 1. The van der Waals surface area contributed by atoms with Crippen LogP contribution in [0.3, 0.4) is 0 Å². The van der Waals surface area contributed by atoms with Gasteiger partial charge in [-0.3, -0.25) is 4.79 Å². The smallest absolute Gasteiger partial charge is 0.258 e. The zero-order chi connectivity index (χ0) is 13.7. The molecule has 0 aromatic heterocycles. The monoisotopic (exact) mass is 314 g/mol. The number of carbonyl (C=O) groups is 1. The summed E-state index contributed by atoms with van der Waals surface area (Å²) in [6.45, 7) is 5.69. The standard InChI is InChI=1S/C13H19BrN2O2/c1-8(2)16-13(17)7-18-12-5-4-10(14)6-11(12)9(3)15/h4-6,8-9H,7,15H2,1-3H3,(H,16,17)/t9-/m0/s1. The maximum absolute atomic E-state index is 11.5. The van der Waals surface area contributed by atoms with Gasteiger partial charge in [-0.15, -0.1) is 0 Å². The fraction of sp³-hybridized carbons (Fsp3) is 0.462. The number of rotatable bonds is 5. The lowest BCUT2D eigenvalue weighted by molar-refractivity contribution is -0.123. The molecule has 0 saturated carbocycles. The number of hydrogen-bond acceptors (Lipinski definition) is 3. The summed E-state index contributed by atoms with van der Waals surface area (Å²) in [6, 6.07) is 5.54. The fourth-order valence-electron chi connectivity index (χ4n) is 1.51. The Kier molecular flexibility index (Phi) is 5.62. The number of benzene rings is 1. The van der Waals surface area contributed by atoms with E-state index in [4.69, 9.17) is 10.5 Å². The Balaban J connectivity index is 2.70. The molecule has 0 spiro atoms. The van der Waals surface area contributed by atoms with Gasteiger partial charge in [0, 0.05) is 22.1 Å². The second-order valence-electron chi connectivity index (χ2n) is 4.48. The van der Waals surface area contributed by atoms with Crippen molar-refractivity contribution < 1.29 is 9.53 Å². The van der Waals surface area contributed by atoms with Crippen LogP contribution in [0.5, 0.6) is 5.75 Å². The van der Waals surface area contributed by atoms with Crippen molar-refractivity contribution in [1.82, 2.24) is 5.32 Å².